The maximum atomic E-state index is 13.8. The summed E-state index contributed by atoms with van der Waals surface area (Å²) in [5, 5.41) is 6.82. The number of hydrogen-bond donors (Lipinski definition) is 1. The summed E-state index contributed by atoms with van der Waals surface area (Å²) in [5.74, 6) is -1.22. The number of carbonyl (C=O) groups is 3. The van der Waals surface area contributed by atoms with Crippen LogP contribution in [-0.2, 0) is 16.9 Å². The number of benzene rings is 1. The average molecular weight is 479 g/mol. The van der Waals surface area contributed by atoms with Crippen LogP contribution in [0.1, 0.15) is 34.3 Å². The second kappa shape index (κ2) is 8.98. The number of halogens is 1. The van der Waals surface area contributed by atoms with Crippen molar-refractivity contribution in [2.24, 2.45) is 5.92 Å². The van der Waals surface area contributed by atoms with Crippen LogP contribution in [0.3, 0.4) is 0 Å². The minimum Gasteiger partial charge on any atom is -0.339 e. The molecule has 5 rings (SSSR count). The van der Waals surface area contributed by atoms with Crippen LogP contribution in [-0.4, -0.2) is 45.7 Å². The maximum Gasteiger partial charge on any atom is 0.325 e. The van der Waals surface area contributed by atoms with Crippen LogP contribution in [0.25, 0.3) is 0 Å². The van der Waals surface area contributed by atoms with E-state index in [2.05, 4.69) is 10.3 Å². The highest BCUT2D eigenvalue weighted by Crippen LogP contribution is 2.41. The molecule has 4 amide bonds. The van der Waals surface area contributed by atoms with Gasteiger partial charge < -0.3 is 10.2 Å². The summed E-state index contributed by atoms with van der Waals surface area (Å²) < 4.78 is 13.6. The molecular weight excluding hydrogens is 455 g/mol. The summed E-state index contributed by atoms with van der Waals surface area (Å²) in [7, 11) is 0. The summed E-state index contributed by atoms with van der Waals surface area (Å²) in [6.45, 7) is 0.999. The monoisotopic (exact) mass is 478 g/mol. The summed E-state index contributed by atoms with van der Waals surface area (Å²) >= 11 is 1.51. The average Bonchev–Trinajstić information content (AvgIpc) is 3.47. The number of likely N-dealkylation sites (tertiary alicyclic amines) is 1. The molecule has 4 heterocycles. The highest BCUT2D eigenvalue weighted by Gasteiger charge is 2.57. The summed E-state index contributed by atoms with van der Waals surface area (Å²) in [6, 6.07) is 10.7. The fraction of sp³-hybridized carbons (Fsp3) is 0.280. The van der Waals surface area contributed by atoms with Gasteiger partial charge in [-0.05, 0) is 65.4 Å². The number of pyridine rings is 1. The molecule has 2 saturated heterocycles. The summed E-state index contributed by atoms with van der Waals surface area (Å²) in [4.78, 5) is 46.9. The van der Waals surface area contributed by atoms with E-state index in [1.807, 2.05) is 22.9 Å². The molecule has 1 atom stereocenters. The van der Waals surface area contributed by atoms with Gasteiger partial charge in [0.25, 0.3) is 11.8 Å². The fourth-order valence-corrected chi connectivity index (χ4v) is 5.59. The zero-order chi connectivity index (χ0) is 23.7. The van der Waals surface area contributed by atoms with Gasteiger partial charge in [0.05, 0.1) is 6.54 Å². The first-order valence-electron chi connectivity index (χ1n) is 11.1. The quantitative estimate of drug-likeness (QED) is 0.566. The molecule has 2 aromatic heterocycles. The lowest BCUT2D eigenvalue weighted by atomic mass is 9.73. The van der Waals surface area contributed by atoms with E-state index in [0.717, 1.165) is 5.56 Å². The Morgan fingerprint density at radius 2 is 2.00 bits per heavy atom. The maximum absolute atomic E-state index is 13.8. The highest BCUT2D eigenvalue weighted by molar-refractivity contribution is 7.07. The number of rotatable bonds is 5. The molecule has 3 aromatic rings. The molecule has 1 N–H and O–H groups in total. The molecule has 0 spiro atoms. The zero-order valence-electron chi connectivity index (χ0n) is 18.3. The third-order valence-corrected chi connectivity index (χ3v) is 7.37. The molecule has 174 valence electrons. The molecule has 7 nitrogen and oxygen atoms in total. The number of nitrogens with one attached hydrogen (secondary N) is 1. The van der Waals surface area contributed by atoms with E-state index in [-0.39, 0.29) is 24.3 Å². The van der Waals surface area contributed by atoms with Crippen LogP contribution in [0, 0.1) is 11.7 Å². The predicted molar refractivity (Wildman–Crippen MR) is 124 cm³/mol. The molecule has 2 aliphatic heterocycles. The first kappa shape index (κ1) is 22.2. The second-order valence-electron chi connectivity index (χ2n) is 8.58. The highest BCUT2D eigenvalue weighted by atomic mass is 32.1. The molecule has 1 aromatic carbocycles. The lowest BCUT2D eigenvalue weighted by Crippen LogP contribution is -2.54. The minimum absolute atomic E-state index is 0.201. The van der Waals surface area contributed by atoms with Gasteiger partial charge in [-0.3, -0.25) is 19.5 Å². The van der Waals surface area contributed by atoms with Crippen molar-refractivity contribution in [3.8, 4) is 0 Å². The van der Waals surface area contributed by atoms with Gasteiger partial charge in [-0.2, -0.15) is 11.3 Å². The van der Waals surface area contributed by atoms with Gasteiger partial charge in [0.2, 0.25) is 0 Å². The number of piperidine rings is 1. The van der Waals surface area contributed by atoms with Gasteiger partial charge in [0.15, 0.2) is 5.54 Å². The second-order valence-corrected chi connectivity index (χ2v) is 9.36. The van der Waals surface area contributed by atoms with E-state index in [9.17, 15) is 18.8 Å². The topological polar surface area (TPSA) is 82.6 Å². The molecule has 0 radical (unpaired) electrons. The van der Waals surface area contributed by atoms with E-state index >= 15 is 0 Å². The first-order valence-corrected chi connectivity index (χ1v) is 12.0. The van der Waals surface area contributed by atoms with Crippen LogP contribution in [0.5, 0.6) is 0 Å². The molecule has 2 aliphatic rings. The third-order valence-electron chi connectivity index (χ3n) is 6.64. The smallest absolute Gasteiger partial charge is 0.325 e. The Labute approximate surface area is 200 Å². The van der Waals surface area contributed by atoms with Crippen molar-refractivity contribution in [2.75, 3.05) is 13.1 Å². The van der Waals surface area contributed by atoms with Crippen molar-refractivity contribution in [3.05, 3.63) is 88.1 Å². The molecule has 0 saturated carbocycles. The standard InChI is InChI=1S/C25H23FN4O3S/c26-21-5-1-3-18(13-21)22(31)29-10-6-19(7-11-29)25(20-4-2-9-27-14-20)23(32)30(24(33)28-25)15-17-8-12-34-16-17/h1-5,8-9,12-14,16,19H,6-7,10-11,15H2,(H,28,33)/t25-/m0/s1. The van der Waals surface area contributed by atoms with Crippen molar-refractivity contribution < 1.29 is 18.8 Å². The normalized spacial score (nSPS) is 21.1. The summed E-state index contributed by atoms with van der Waals surface area (Å²) in [6.07, 6.45) is 4.26. The van der Waals surface area contributed by atoms with Crippen molar-refractivity contribution in [3.63, 3.8) is 0 Å². The number of carbonyl (C=O) groups excluding carboxylic acids is 3. The van der Waals surface area contributed by atoms with Crippen LogP contribution >= 0.6 is 11.3 Å². The lowest BCUT2D eigenvalue weighted by molar-refractivity contribution is -0.134. The Balaban J connectivity index is 1.40. The minimum atomic E-state index is -1.24. The Hall–Kier alpha value is -3.59. The number of hydrogen-bond acceptors (Lipinski definition) is 5. The first-order chi connectivity index (χ1) is 16.5. The Morgan fingerprint density at radius 3 is 2.68 bits per heavy atom. The molecule has 9 heteroatoms. The number of imide groups is 1. The van der Waals surface area contributed by atoms with E-state index in [1.165, 1.54) is 34.4 Å². The number of amides is 4. The molecular formula is C25H23FN4O3S. The van der Waals surface area contributed by atoms with Gasteiger partial charge in [0.1, 0.15) is 5.82 Å². The van der Waals surface area contributed by atoms with Crippen molar-refractivity contribution in [2.45, 2.75) is 24.9 Å². The van der Waals surface area contributed by atoms with E-state index in [0.29, 0.717) is 37.1 Å². The van der Waals surface area contributed by atoms with E-state index < -0.39 is 17.4 Å². The van der Waals surface area contributed by atoms with Gasteiger partial charge in [-0.15, -0.1) is 0 Å². The largest absolute Gasteiger partial charge is 0.339 e. The van der Waals surface area contributed by atoms with Crippen LogP contribution in [0.15, 0.2) is 65.6 Å². The van der Waals surface area contributed by atoms with Crippen LogP contribution in [0.4, 0.5) is 9.18 Å². The molecule has 34 heavy (non-hydrogen) atoms. The Bertz CT molecular complexity index is 1210. The Morgan fingerprint density at radius 1 is 1.18 bits per heavy atom. The lowest BCUT2D eigenvalue weighted by Gasteiger charge is -2.41. The number of nitrogens with zero attached hydrogens (tertiary/aromatic N) is 3. The third kappa shape index (κ3) is 3.86. The van der Waals surface area contributed by atoms with Gasteiger partial charge >= 0.3 is 6.03 Å². The van der Waals surface area contributed by atoms with Crippen molar-refractivity contribution >= 4 is 29.2 Å². The predicted octanol–water partition coefficient (Wildman–Crippen LogP) is 3.78. The fourth-order valence-electron chi connectivity index (χ4n) is 4.93. The molecule has 0 unspecified atom stereocenters. The van der Waals surface area contributed by atoms with Crippen LogP contribution in [0.2, 0.25) is 0 Å². The van der Waals surface area contributed by atoms with Gasteiger partial charge in [-0.1, -0.05) is 12.1 Å². The van der Waals surface area contributed by atoms with Gasteiger partial charge in [-0.25, -0.2) is 9.18 Å². The molecule has 0 aliphatic carbocycles. The SMILES string of the molecule is O=C(c1cccc(F)c1)N1CCC([C@@]2(c3cccnc3)NC(=O)N(Cc3ccsc3)C2=O)CC1. The van der Waals surface area contributed by atoms with Crippen LogP contribution < -0.4 is 5.32 Å². The van der Waals surface area contributed by atoms with Gasteiger partial charge in [0, 0.05) is 36.6 Å². The zero-order valence-corrected chi connectivity index (χ0v) is 19.1. The van der Waals surface area contributed by atoms with E-state index in [4.69, 9.17) is 0 Å². The number of thiophene rings is 1. The Kier molecular flexibility index (Phi) is 5.87. The molecule has 0 bridgehead atoms. The summed E-state index contributed by atoms with van der Waals surface area (Å²) in [5.41, 5.74) is 0.588. The number of urea groups is 1. The van der Waals surface area contributed by atoms with E-state index in [1.54, 1.807) is 29.4 Å². The number of aromatic nitrogens is 1. The molecule has 2 fully saturated rings. The van der Waals surface area contributed by atoms with Crippen molar-refractivity contribution in [1.29, 1.82) is 0 Å². The van der Waals surface area contributed by atoms with Crippen molar-refractivity contribution in [1.82, 2.24) is 20.1 Å².